The Morgan fingerprint density at radius 3 is 2.48 bits per heavy atom. The molecular weight excluding hydrogens is 278 g/mol. The van der Waals surface area contributed by atoms with Crippen LogP contribution in [0.5, 0.6) is 0 Å². The molecule has 1 saturated heterocycles. The highest BCUT2D eigenvalue weighted by Gasteiger charge is 2.31. The number of likely N-dealkylation sites (tertiary alicyclic amines) is 1. The van der Waals surface area contributed by atoms with E-state index in [0.717, 1.165) is 6.42 Å². The van der Waals surface area contributed by atoms with Crippen molar-refractivity contribution >= 4 is 11.3 Å². The van der Waals surface area contributed by atoms with Gasteiger partial charge in [-0.2, -0.15) is 0 Å². The minimum absolute atomic E-state index is 0.220. The van der Waals surface area contributed by atoms with Crippen LogP contribution >= 0.6 is 11.3 Å². The average molecular weight is 310 g/mol. The molecule has 4 heteroatoms. The Kier molecular flexibility index (Phi) is 6.23. The Balaban J connectivity index is 2.10. The van der Waals surface area contributed by atoms with E-state index >= 15 is 0 Å². The van der Waals surface area contributed by atoms with E-state index in [1.54, 1.807) is 0 Å². The standard InChI is InChI=1S/C17H31N3S/c1-5-15(18)17(16-8-7-13(3)21-16)19(4)14-9-11-20(6-2)12-10-14/h7-8,14-15,17H,5-6,9-12,18H2,1-4H3. The molecule has 2 N–H and O–H groups in total. The highest BCUT2D eigenvalue weighted by Crippen LogP contribution is 2.33. The van der Waals surface area contributed by atoms with Crippen molar-refractivity contribution in [3.63, 3.8) is 0 Å². The predicted octanol–water partition coefficient (Wildman–Crippen LogP) is 3.25. The number of thiophene rings is 1. The summed E-state index contributed by atoms with van der Waals surface area (Å²) in [4.78, 5) is 7.93. The van der Waals surface area contributed by atoms with E-state index in [4.69, 9.17) is 5.73 Å². The van der Waals surface area contributed by atoms with Crippen LogP contribution in [0.25, 0.3) is 0 Å². The summed E-state index contributed by atoms with van der Waals surface area (Å²) in [5.41, 5.74) is 6.47. The van der Waals surface area contributed by atoms with Crippen LogP contribution in [-0.2, 0) is 0 Å². The molecule has 120 valence electrons. The van der Waals surface area contributed by atoms with Crippen LogP contribution in [-0.4, -0.2) is 48.6 Å². The van der Waals surface area contributed by atoms with Crippen LogP contribution in [0.15, 0.2) is 12.1 Å². The third kappa shape index (κ3) is 4.07. The van der Waals surface area contributed by atoms with Crippen LogP contribution < -0.4 is 5.73 Å². The Morgan fingerprint density at radius 2 is 2.00 bits per heavy atom. The van der Waals surface area contributed by atoms with Gasteiger partial charge in [0.05, 0.1) is 6.04 Å². The molecule has 3 nitrogen and oxygen atoms in total. The number of hydrogen-bond acceptors (Lipinski definition) is 4. The topological polar surface area (TPSA) is 32.5 Å². The molecule has 2 rings (SSSR count). The van der Waals surface area contributed by atoms with E-state index in [2.05, 4.69) is 49.8 Å². The van der Waals surface area contributed by atoms with Crippen molar-refractivity contribution in [3.8, 4) is 0 Å². The van der Waals surface area contributed by atoms with Crippen molar-refractivity contribution in [1.29, 1.82) is 0 Å². The summed E-state index contributed by atoms with van der Waals surface area (Å²) in [6.07, 6.45) is 3.56. The summed E-state index contributed by atoms with van der Waals surface area (Å²) < 4.78 is 0. The van der Waals surface area contributed by atoms with Crippen molar-refractivity contribution in [1.82, 2.24) is 9.80 Å². The Morgan fingerprint density at radius 1 is 1.33 bits per heavy atom. The van der Waals surface area contributed by atoms with Gasteiger partial charge >= 0.3 is 0 Å². The maximum absolute atomic E-state index is 6.47. The molecule has 0 amide bonds. The number of nitrogens with zero attached hydrogens (tertiary/aromatic N) is 2. The van der Waals surface area contributed by atoms with Crippen molar-refractivity contribution in [2.45, 2.75) is 58.2 Å². The predicted molar refractivity (Wildman–Crippen MR) is 93.0 cm³/mol. The molecule has 1 fully saturated rings. The lowest BCUT2D eigenvalue weighted by molar-refractivity contribution is 0.0879. The minimum Gasteiger partial charge on any atom is -0.326 e. The molecule has 2 unspecified atom stereocenters. The van der Waals surface area contributed by atoms with Crippen LogP contribution in [0.1, 0.15) is 48.9 Å². The SMILES string of the molecule is CCC(N)C(c1ccc(C)s1)N(C)C1CCN(CC)CC1. The van der Waals surface area contributed by atoms with Crippen LogP contribution in [0.2, 0.25) is 0 Å². The second-order valence-electron chi connectivity index (χ2n) is 6.30. The van der Waals surface area contributed by atoms with E-state index in [1.807, 2.05) is 11.3 Å². The molecule has 2 heterocycles. The molecule has 1 aliphatic heterocycles. The van der Waals surface area contributed by atoms with Gasteiger partial charge in [-0.25, -0.2) is 0 Å². The van der Waals surface area contributed by atoms with Crippen LogP contribution in [0.3, 0.4) is 0 Å². The van der Waals surface area contributed by atoms with Gasteiger partial charge in [0.25, 0.3) is 0 Å². The Bertz CT molecular complexity index is 423. The summed E-state index contributed by atoms with van der Waals surface area (Å²) in [5, 5.41) is 0. The lowest BCUT2D eigenvalue weighted by Gasteiger charge is -2.41. The van der Waals surface area contributed by atoms with E-state index in [1.165, 1.54) is 42.2 Å². The molecule has 21 heavy (non-hydrogen) atoms. The van der Waals surface area contributed by atoms with Crippen molar-refractivity contribution in [2.24, 2.45) is 5.73 Å². The number of likely N-dealkylation sites (N-methyl/N-ethyl adjacent to an activating group) is 1. The number of aryl methyl sites for hydroxylation is 1. The molecule has 1 aromatic heterocycles. The number of nitrogens with two attached hydrogens (primary N) is 1. The Labute approximate surface area is 134 Å². The van der Waals surface area contributed by atoms with Gasteiger partial charge < -0.3 is 10.6 Å². The Hall–Kier alpha value is -0.420. The zero-order valence-electron chi connectivity index (χ0n) is 14.0. The fraction of sp³-hybridized carbons (Fsp3) is 0.765. The fourth-order valence-electron chi connectivity index (χ4n) is 3.42. The lowest BCUT2D eigenvalue weighted by Crippen LogP contribution is -2.48. The van der Waals surface area contributed by atoms with Gasteiger partial charge in [0.15, 0.2) is 0 Å². The second-order valence-corrected chi connectivity index (χ2v) is 7.62. The molecular formula is C17H31N3S. The monoisotopic (exact) mass is 309 g/mol. The van der Waals surface area contributed by atoms with E-state index in [0.29, 0.717) is 12.1 Å². The summed E-state index contributed by atoms with van der Waals surface area (Å²) in [6, 6.07) is 5.75. The van der Waals surface area contributed by atoms with Gasteiger partial charge in [0.1, 0.15) is 0 Å². The van der Waals surface area contributed by atoms with E-state index < -0.39 is 0 Å². The maximum atomic E-state index is 6.47. The highest BCUT2D eigenvalue weighted by atomic mass is 32.1. The summed E-state index contributed by atoms with van der Waals surface area (Å²) >= 11 is 1.90. The smallest absolute Gasteiger partial charge is 0.0593 e. The molecule has 0 saturated carbocycles. The van der Waals surface area contributed by atoms with Crippen molar-refractivity contribution in [3.05, 3.63) is 21.9 Å². The van der Waals surface area contributed by atoms with E-state index in [9.17, 15) is 0 Å². The zero-order chi connectivity index (χ0) is 15.4. The summed E-state index contributed by atoms with van der Waals surface area (Å²) in [6.45, 7) is 10.3. The molecule has 0 bridgehead atoms. The van der Waals surface area contributed by atoms with Gasteiger partial charge in [-0.15, -0.1) is 11.3 Å². The summed E-state index contributed by atoms with van der Waals surface area (Å²) in [5.74, 6) is 0. The molecule has 2 atom stereocenters. The average Bonchev–Trinajstić information content (AvgIpc) is 2.93. The molecule has 1 aliphatic rings. The number of rotatable bonds is 6. The van der Waals surface area contributed by atoms with Gasteiger partial charge in [-0.1, -0.05) is 13.8 Å². The largest absolute Gasteiger partial charge is 0.326 e. The summed E-state index contributed by atoms with van der Waals surface area (Å²) in [7, 11) is 2.28. The van der Waals surface area contributed by atoms with Gasteiger partial charge in [-0.05, 0) is 65.0 Å². The number of hydrogen-bond donors (Lipinski definition) is 1. The van der Waals surface area contributed by atoms with Crippen LogP contribution in [0.4, 0.5) is 0 Å². The second kappa shape index (κ2) is 7.73. The molecule has 0 spiro atoms. The maximum Gasteiger partial charge on any atom is 0.0593 e. The minimum atomic E-state index is 0.220. The molecule has 0 aromatic carbocycles. The zero-order valence-corrected chi connectivity index (χ0v) is 14.8. The van der Waals surface area contributed by atoms with Crippen molar-refractivity contribution < 1.29 is 0 Å². The van der Waals surface area contributed by atoms with Gasteiger partial charge in [0.2, 0.25) is 0 Å². The van der Waals surface area contributed by atoms with Gasteiger partial charge in [-0.3, -0.25) is 4.90 Å². The first kappa shape index (κ1) is 16.9. The van der Waals surface area contributed by atoms with E-state index in [-0.39, 0.29) is 6.04 Å². The first-order valence-corrected chi connectivity index (χ1v) is 9.14. The third-order valence-corrected chi connectivity index (χ3v) is 6.02. The first-order valence-electron chi connectivity index (χ1n) is 8.33. The normalized spacial score (nSPS) is 20.9. The quantitative estimate of drug-likeness (QED) is 0.875. The highest BCUT2D eigenvalue weighted by molar-refractivity contribution is 7.12. The number of piperidine rings is 1. The van der Waals surface area contributed by atoms with Crippen LogP contribution in [0, 0.1) is 6.92 Å². The van der Waals surface area contributed by atoms with Crippen molar-refractivity contribution in [2.75, 3.05) is 26.7 Å². The third-order valence-electron chi connectivity index (χ3n) is 4.95. The molecule has 0 aliphatic carbocycles. The molecule has 1 aromatic rings. The lowest BCUT2D eigenvalue weighted by atomic mass is 9.97. The molecule has 0 radical (unpaired) electrons. The first-order chi connectivity index (χ1) is 10.1. The van der Waals surface area contributed by atoms with Gasteiger partial charge in [0, 0.05) is 21.8 Å². The fourth-order valence-corrected chi connectivity index (χ4v) is 4.53.